The fourth-order valence-corrected chi connectivity index (χ4v) is 3.99. The number of aliphatic carboxylic acids is 2. The summed E-state index contributed by atoms with van der Waals surface area (Å²) >= 11 is 0. The van der Waals surface area contributed by atoms with E-state index in [0.717, 1.165) is 22.3 Å². The van der Waals surface area contributed by atoms with Crippen LogP contribution < -0.4 is 69.3 Å². The molecule has 0 aliphatic heterocycles. The number of esters is 3. The van der Waals surface area contributed by atoms with Crippen molar-refractivity contribution in [2.45, 2.75) is 40.7 Å². The number of carboxylic acids is 2. The van der Waals surface area contributed by atoms with Crippen LogP contribution in [0.3, 0.4) is 0 Å². The Balaban J connectivity index is -0.000000762. The maximum atomic E-state index is 11.6. The van der Waals surface area contributed by atoms with Crippen molar-refractivity contribution in [1.82, 2.24) is 4.90 Å². The average molecular weight is 762 g/mol. The molecular formula is C41H49NNa2O10. The van der Waals surface area contributed by atoms with Crippen molar-refractivity contribution in [1.29, 1.82) is 0 Å². The van der Waals surface area contributed by atoms with Gasteiger partial charge in [-0.15, -0.1) is 0 Å². The molecule has 2 aromatic carbocycles. The molecule has 0 bridgehead atoms. The van der Waals surface area contributed by atoms with Crippen LogP contribution in [-0.4, -0.2) is 67.7 Å². The smallest absolute Gasteiger partial charge is 0.549 e. The predicted octanol–water partition coefficient (Wildman–Crippen LogP) is -1.65. The van der Waals surface area contributed by atoms with Crippen LogP contribution in [0.2, 0.25) is 0 Å². The van der Waals surface area contributed by atoms with Gasteiger partial charge in [-0.2, -0.15) is 0 Å². The Morgan fingerprint density at radius 3 is 1.22 bits per heavy atom. The summed E-state index contributed by atoms with van der Waals surface area (Å²) in [5.74, 6) is -4.35. The number of nitrogens with zero attached hydrogens (tertiary/aromatic N) is 1. The zero-order valence-corrected chi connectivity index (χ0v) is 36.6. The normalized spacial score (nSPS) is 9.72. The SMILES string of the molecule is C=C(C)C(=O)OCC(CC)(COC(=O)C(=C)C)COC(=O)C(=C)C.C=Cc1ccccc1C=C.C=Cc1ccccc1CN(CC(=O)[O-])CC(=O)[O-].[Na+].[Na+]. The fourth-order valence-electron chi connectivity index (χ4n) is 3.99. The van der Waals surface area contributed by atoms with Gasteiger partial charge < -0.3 is 34.0 Å². The largest absolute Gasteiger partial charge is 1.00 e. The monoisotopic (exact) mass is 761 g/mol. The van der Waals surface area contributed by atoms with Crippen molar-refractivity contribution in [3.63, 3.8) is 0 Å². The Bertz CT molecular complexity index is 1520. The Morgan fingerprint density at radius 2 is 0.944 bits per heavy atom. The van der Waals surface area contributed by atoms with Crippen LogP contribution in [0.25, 0.3) is 18.2 Å². The molecule has 0 atom stereocenters. The molecule has 280 valence electrons. The van der Waals surface area contributed by atoms with E-state index in [-0.39, 0.29) is 102 Å². The average Bonchev–Trinajstić information content (AvgIpc) is 3.11. The summed E-state index contributed by atoms with van der Waals surface area (Å²) in [5.41, 5.74) is 3.79. The van der Waals surface area contributed by atoms with Crippen LogP contribution in [-0.2, 0) is 44.7 Å². The first-order valence-corrected chi connectivity index (χ1v) is 16.1. The molecule has 0 spiro atoms. The fraction of sp³-hybridized carbons (Fsp3) is 0.293. The Labute approximate surface area is 363 Å². The van der Waals surface area contributed by atoms with Crippen molar-refractivity contribution in [3.05, 3.63) is 127 Å². The van der Waals surface area contributed by atoms with E-state index in [2.05, 4.69) is 39.5 Å². The molecule has 2 aromatic rings. The van der Waals surface area contributed by atoms with Gasteiger partial charge in [0.15, 0.2) is 0 Å². The molecule has 0 heterocycles. The van der Waals surface area contributed by atoms with E-state index in [1.54, 1.807) is 18.2 Å². The Morgan fingerprint density at radius 1 is 0.630 bits per heavy atom. The predicted molar refractivity (Wildman–Crippen MR) is 198 cm³/mol. The molecule has 2 rings (SSSR count). The van der Waals surface area contributed by atoms with Gasteiger partial charge in [0.1, 0.15) is 19.8 Å². The summed E-state index contributed by atoms with van der Waals surface area (Å²) in [6, 6.07) is 15.2. The minimum Gasteiger partial charge on any atom is -0.549 e. The van der Waals surface area contributed by atoms with Crippen molar-refractivity contribution in [2.75, 3.05) is 32.9 Å². The summed E-state index contributed by atoms with van der Waals surface area (Å²) < 4.78 is 15.5. The number of ether oxygens (including phenoxy) is 3. The van der Waals surface area contributed by atoms with Gasteiger partial charge in [-0.3, -0.25) is 4.90 Å². The number of carbonyl (C=O) groups excluding carboxylic acids is 5. The maximum Gasteiger partial charge on any atom is 1.00 e. The maximum absolute atomic E-state index is 11.6. The minimum absolute atomic E-state index is 0. The van der Waals surface area contributed by atoms with Gasteiger partial charge in [0, 0.05) is 36.4 Å². The van der Waals surface area contributed by atoms with E-state index in [4.69, 9.17) is 14.2 Å². The van der Waals surface area contributed by atoms with Gasteiger partial charge in [0.2, 0.25) is 0 Å². The van der Waals surface area contributed by atoms with E-state index in [1.807, 2.05) is 55.5 Å². The molecule has 0 fully saturated rings. The van der Waals surface area contributed by atoms with Gasteiger partial charge in [-0.1, -0.05) is 113 Å². The van der Waals surface area contributed by atoms with E-state index in [0.29, 0.717) is 6.42 Å². The van der Waals surface area contributed by atoms with Crippen molar-refractivity contribution in [2.24, 2.45) is 5.41 Å². The second-order valence-electron chi connectivity index (χ2n) is 11.8. The molecule has 0 radical (unpaired) electrons. The summed E-state index contributed by atoms with van der Waals surface area (Å²) in [4.78, 5) is 57.2. The van der Waals surface area contributed by atoms with Gasteiger partial charge in [0.25, 0.3) is 0 Å². The van der Waals surface area contributed by atoms with Crippen molar-refractivity contribution in [3.8, 4) is 0 Å². The standard InChI is InChI=1S/C18H26O6.C13H15NO4.C10H10.2Na/c1-8-18(9-22-15(19)12(2)3,10-23-16(20)13(4)5)11-24-17(21)14(6)7;1-2-10-5-3-4-6-11(10)7-14(8-12(15)16)9-13(17)18;1-3-9-7-5-6-8-10(9)4-2;;/h2,4,6,8-11H2,1,3,5,7H3;2-6H,1,7-9H2,(H,15,16)(H,17,18);3-8H,1-2H2;;/q;;;2*+1/p-2. The number of rotatable bonds is 19. The summed E-state index contributed by atoms with van der Waals surface area (Å²) in [6.45, 7) is 27.0. The van der Waals surface area contributed by atoms with Crippen molar-refractivity contribution >= 4 is 48.1 Å². The van der Waals surface area contributed by atoms with Gasteiger partial charge in [-0.25, -0.2) is 14.4 Å². The molecule has 54 heavy (non-hydrogen) atoms. The Kier molecular flexibility index (Phi) is 29.8. The van der Waals surface area contributed by atoms with Crippen LogP contribution in [0.1, 0.15) is 56.4 Å². The molecule has 0 N–H and O–H groups in total. The van der Waals surface area contributed by atoms with E-state index in [9.17, 15) is 34.2 Å². The first-order valence-electron chi connectivity index (χ1n) is 16.1. The van der Waals surface area contributed by atoms with Gasteiger partial charge in [0.05, 0.1) is 17.4 Å². The molecule has 0 aliphatic carbocycles. The quantitative estimate of drug-likeness (QED) is 0.0699. The van der Waals surface area contributed by atoms with E-state index < -0.39 is 48.4 Å². The van der Waals surface area contributed by atoms with Crippen LogP contribution in [0.4, 0.5) is 0 Å². The third-order valence-corrected chi connectivity index (χ3v) is 7.13. The van der Waals surface area contributed by atoms with Crippen LogP contribution in [0.15, 0.2) is 105 Å². The molecule has 0 saturated carbocycles. The summed E-state index contributed by atoms with van der Waals surface area (Å²) in [5, 5.41) is 21.1. The molecule has 0 unspecified atom stereocenters. The topological polar surface area (TPSA) is 162 Å². The molecule has 13 heteroatoms. The molecule has 0 aromatic heterocycles. The molecule has 0 aliphatic rings. The van der Waals surface area contributed by atoms with Gasteiger partial charge in [-0.05, 0) is 49.4 Å². The van der Waals surface area contributed by atoms with E-state index >= 15 is 0 Å². The van der Waals surface area contributed by atoms with Crippen LogP contribution in [0.5, 0.6) is 0 Å². The zero-order valence-electron chi connectivity index (χ0n) is 32.6. The number of benzene rings is 2. The Hall–Kier alpha value is -3.81. The number of carbonyl (C=O) groups is 5. The molecular weight excluding hydrogens is 712 g/mol. The summed E-state index contributed by atoms with van der Waals surface area (Å²) in [7, 11) is 0. The molecule has 0 saturated heterocycles. The zero-order chi connectivity index (χ0) is 39.9. The third-order valence-electron chi connectivity index (χ3n) is 7.13. The van der Waals surface area contributed by atoms with Crippen LogP contribution >= 0.6 is 0 Å². The number of carboxylic acid groups (broad SMARTS) is 2. The first kappa shape index (κ1) is 54.5. The summed E-state index contributed by atoms with van der Waals surface area (Å²) in [6.07, 6.45) is 5.74. The number of hydrogen-bond acceptors (Lipinski definition) is 11. The van der Waals surface area contributed by atoms with E-state index in [1.165, 1.54) is 25.7 Å². The van der Waals surface area contributed by atoms with Gasteiger partial charge >= 0.3 is 77.0 Å². The molecule has 0 amide bonds. The van der Waals surface area contributed by atoms with Crippen molar-refractivity contribution < 1.29 is 108 Å². The second kappa shape index (κ2) is 29.5. The molecule has 11 nitrogen and oxygen atoms in total. The third kappa shape index (κ3) is 22.4. The minimum atomic E-state index is -1.33. The first-order chi connectivity index (χ1) is 24.4. The number of hydrogen-bond donors (Lipinski definition) is 0. The second-order valence-corrected chi connectivity index (χ2v) is 11.8. The van der Waals surface area contributed by atoms with Crippen LogP contribution in [0, 0.1) is 5.41 Å².